The van der Waals surface area contributed by atoms with Gasteiger partial charge in [-0.1, -0.05) is 23.9 Å². The topological polar surface area (TPSA) is 63.7 Å². The van der Waals surface area contributed by atoms with E-state index in [0.717, 1.165) is 16.7 Å². The Morgan fingerprint density at radius 2 is 2.00 bits per heavy atom. The molecule has 1 atom stereocenters. The Morgan fingerprint density at radius 1 is 1.24 bits per heavy atom. The van der Waals surface area contributed by atoms with Crippen LogP contribution in [0.3, 0.4) is 0 Å². The quantitative estimate of drug-likeness (QED) is 0.512. The van der Waals surface area contributed by atoms with Gasteiger partial charge in [-0.25, -0.2) is 4.79 Å². The van der Waals surface area contributed by atoms with Gasteiger partial charge in [0.1, 0.15) is 11.8 Å². The van der Waals surface area contributed by atoms with E-state index in [-0.39, 0.29) is 17.1 Å². The summed E-state index contributed by atoms with van der Waals surface area (Å²) in [5, 5.41) is -0.395. The van der Waals surface area contributed by atoms with E-state index in [2.05, 4.69) is 0 Å². The normalized spacial score (nSPS) is 22.9. The predicted octanol–water partition coefficient (Wildman–Crippen LogP) is 1.28. The van der Waals surface area contributed by atoms with Crippen molar-refractivity contribution in [3.63, 3.8) is 0 Å². The van der Waals surface area contributed by atoms with Crippen molar-refractivity contribution in [2.45, 2.75) is 6.04 Å². The second kappa shape index (κ2) is 3.59. The van der Waals surface area contributed by atoms with Crippen molar-refractivity contribution in [2.75, 3.05) is 5.75 Å². The Labute approximate surface area is 101 Å². The standard InChI is InChI=1S/C11H7NO4S/c13-9-6-3-1-2-4-8(6)16-10(14)7-5-17-11(15)12(7)9/h1-4,7H,5H2. The fourth-order valence-electron chi connectivity index (χ4n) is 1.86. The summed E-state index contributed by atoms with van der Waals surface area (Å²) in [5.74, 6) is -0.542. The molecule has 1 fully saturated rings. The van der Waals surface area contributed by atoms with Gasteiger partial charge < -0.3 is 4.74 Å². The number of imide groups is 1. The summed E-state index contributed by atoms with van der Waals surface area (Å²) >= 11 is 0.959. The van der Waals surface area contributed by atoms with Gasteiger partial charge in [-0.3, -0.25) is 14.5 Å². The number of carbonyl (C=O) groups is 3. The molecule has 0 aromatic heterocycles. The number of rotatable bonds is 0. The maximum atomic E-state index is 12.1. The highest BCUT2D eigenvalue weighted by atomic mass is 32.2. The summed E-state index contributed by atoms with van der Waals surface area (Å²) in [4.78, 5) is 36.5. The van der Waals surface area contributed by atoms with E-state index in [1.165, 1.54) is 0 Å². The zero-order chi connectivity index (χ0) is 12.0. The minimum absolute atomic E-state index is 0.217. The zero-order valence-corrected chi connectivity index (χ0v) is 9.40. The van der Waals surface area contributed by atoms with Gasteiger partial charge in [0.05, 0.1) is 5.56 Å². The molecule has 2 amide bonds. The van der Waals surface area contributed by atoms with E-state index in [9.17, 15) is 14.4 Å². The summed E-state index contributed by atoms with van der Waals surface area (Å²) in [7, 11) is 0. The average molecular weight is 249 g/mol. The first kappa shape index (κ1) is 10.3. The molecule has 6 heteroatoms. The van der Waals surface area contributed by atoms with Gasteiger partial charge in [0.15, 0.2) is 0 Å². The molecule has 5 nitrogen and oxygen atoms in total. The van der Waals surface area contributed by atoms with Crippen molar-refractivity contribution < 1.29 is 19.1 Å². The molecule has 0 spiro atoms. The van der Waals surface area contributed by atoms with E-state index in [1.54, 1.807) is 24.3 Å². The number of fused-ring (bicyclic) bond motifs is 2. The zero-order valence-electron chi connectivity index (χ0n) is 8.58. The van der Waals surface area contributed by atoms with E-state index in [1.807, 2.05) is 0 Å². The van der Waals surface area contributed by atoms with Crippen LogP contribution in [-0.2, 0) is 4.79 Å². The van der Waals surface area contributed by atoms with Crippen LogP contribution in [0.15, 0.2) is 24.3 Å². The first-order valence-corrected chi connectivity index (χ1v) is 5.98. The Morgan fingerprint density at radius 3 is 2.82 bits per heavy atom. The highest BCUT2D eigenvalue weighted by Gasteiger charge is 2.45. The lowest BCUT2D eigenvalue weighted by Gasteiger charge is -2.15. The molecule has 0 N–H and O–H groups in total. The molecule has 86 valence electrons. The lowest BCUT2D eigenvalue weighted by molar-refractivity contribution is -0.137. The molecule has 0 saturated carbocycles. The Kier molecular flexibility index (Phi) is 2.19. The number of amides is 2. The Bertz CT molecular complexity index is 542. The van der Waals surface area contributed by atoms with Gasteiger partial charge >= 0.3 is 5.97 Å². The van der Waals surface area contributed by atoms with Crippen molar-refractivity contribution in [1.82, 2.24) is 4.90 Å². The maximum Gasteiger partial charge on any atom is 0.335 e. The first-order chi connectivity index (χ1) is 8.18. The Balaban J connectivity index is 2.15. The van der Waals surface area contributed by atoms with E-state index in [4.69, 9.17) is 4.74 Å². The largest absolute Gasteiger partial charge is 0.424 e. The van der Waals surface area contributed by atoms with E-state index < -0.39 is 23.2 Å². The fraction of sp³-hybridized carbons (Fsp3) is 0.182. The summed E-state index contributed by atoms with van der Waals surface area (Å²) in [6, 6.07) is 5.63. The second-order valence-electron chi connectivity index (χ2n) is 3.69. The van der Waals surface area contributed by atoms with Gasteiger partial charge in [-0.15, -0.1) is 0 Å². The van der Waals surface area contributed by atoms with Crippen LogP contribution in [0.1, 0.15) is 10.4 Å². The smallest absolute Gasteiger partial charge is 0.335 e. The fourth-order valence-corrected chi connectivity index (χ4v) is 2.79. The number of benzene rings is 1. The van der Waals surface area contributed by atoms with Crippen molar-refractivity contribution in [2.24, 2.45) is 0 Å². The van der Waals surface area contributed by atoms with Crippen LogP contribution in [0.25, 0.3) is 0 Å². The summed E-state index contributed by atoms with van der Waals surface area (Å²) < 4.78 is 5.12. The molecule has 17 heavy (non-hydrogen) atoms. The highest BCUT2D eigenvalue weighted by molar-refractivity contribution is 8.14. The third-order valence-electron chi connectivity index (χ3n) is 2.69. The number of carbonyl (C=O) groups excluding carboxylic acids is 3. The molecule has 1 aromatic carbocycles. The molecule has 1 saturated heterocycles. The molecule has 2 aliphatic rings. The third-order valence-corrected chi connectivity index (χ3v) is 3.62. The number of hydrogen-bond acceptors (Lipinski definition) is 5. The number of thioether (sulfide) groups is 1. The monoisotopic (exact) mass is 249 g/mol. The van der Waals surface area contributed by atoms with Crippen LogP contribution < -0.4 is 4.74 Å². The molecule has 1 aromatic rings. The first-order valence-electron chi connectivity index (χ1n) is 4.99. The van der Waals surface area contributed by atoms with Gasteiger partial charge in [0.2, 0.25) is 0 Å². The minimum atomic E-state index is -0.799. The van der Waals surface area contributed by atoms with Crippen molar-refractivity contribution in [3.05, 3.63) is 29.8 Å². The van der Waals surface area contributed by atoms with E-state index >= 15 is 0 Å². The molecule has 3 rings (SSSR count). The molecule has 0 radical (unpaired) electrons. The highest BCUT2D eigenvalue weighted by Crippen LogP contribution is 2.32. The van der Waals surface area contributed by atoms with Crippen LogP contribution in [0.2, 0.25) is 0 Å². The molecule has 0 aliphatic carbocycles. The summed E-state index contributed by atoms with van der Waals surface area (Å²) in [6.45, 7) is 0. The minimum Gasteiger partial charge on any atom is -0.424 e. The van der Waals surface area contributed by atoms with Crippen molar-refractivity contribution >= 4 is 28.9 Å². The van der Waals surface area contributed by atoms with Crippen LogP contribution in [-0.4, -0.2) is 33.8 Å². The molecular formula is C11H7NO4S. The third kappa shape index (κ3) is 1.44. The lowest BCUT2D eigenvalue weighted by Crippen LogP contribution is -2.43. The Hall–Kier alpha value is -1.82. The van der Waals surface area contributed by atoms with Crippen LogP contribution in [0.4, 0.5) is 4.79 Å². The number of esters is 1. The van der Waals surface area contributed by atoms with E-state index in [0.29, 0.717) is 0 Å². The van der Waals surface area contributed by atoms with Crippen molar-refractivity contribution in [1.29, 1.82) is 0 Å². The average Bonchev–Trinajstić information content (AvgIpc) is 2.66. The van der Waals surface area contributed by atoms with Gasteiger partial charge in [-0.2, -0.15) is 0 Å². The maximum absolute atomic E-state index is 12.1. The lowest BCUT2D eigenvalue weighted by atomic mass is 10.2. The van der Waals surface area contributed by atoms with Crippen LogP contribution in [0.5, 0.6) is 5.75 Å². The number of para-hydroxylation sites is 1. The second-order valence-corrected chi connectivity index (χ2v) is 4.66. The molecule has 1 unspecified atom stereocenters. The molecular weight excluding hydrogens is 242 g/mol. The van der Waals surface area contributed by atoms with Crippen molar-refractivity contribution in [3.8, 4) is 5.75 Å². The van der Waals surface area contributed by atoms with Gasteiger partial charge in [0, 0.05) is 5.75 Å². The van der Waals surface area contributed by atoms with Gasteiger partial charge in [0.25, 0.3) is 11.1 Å². The van der Waals surface area contributed by atoms with Crippen LogP contribution >= 0.6 is 11.8 Å². The molecule has 2 aliphatic heterocycles. The number of hydrogen-bond donors (Lipinski definition) is 0. The predicted molar refractivity (Wildman–Crippen MR) is 59.9 cm³/mol. The number of ether oxygens (including phenoxy) is 1. The summed E-state index contributed by atoms with van der Waals surface area (Å²) in [5.41, 5.74) is 0.249. The molecule has 0 bridgehead atoms. The summed E-state index contributed by atoms with van der Waals surface area (Å²) in [6.07, 6.45) is 0. The SMILES string of the molecule is O=C1Oc2ccccc2C(=O)N2C(=O)SCC12. The molecule has 2 heterocycles. The number of nitrogens with zero attached hydrogens (tertiary/aromatic N) is 1. The van der Waals surface area contributed by atoms with Gasteiger partial charge in [-0.05, 0) is 12.1 Å². The van der Waals surface area contributed by atoms with Crippen LogP contribution in [0, 0.1) is 0 Å².